The highest BCUT2D eigenvalue weighted by molar-refractivity contribution is 5.84. The Hall–Kier alpha value is -1.35. The lowest BCUT2D eigenvalue weighted by Crippen LogP contribution is -2.45. The van der Waals surface area contributed by atoms with Crippen molar-refractivity contribution in [2.75, 3.05) is 6.54 Å². The van der Waals surface area contributed by atoms with E-state index < -0.39 is 5.54 Å². The van der Waals surface area contributed by atoms with Crippen LogP contribution in [0.1, 0.15) is 71.8 Å². The molecule has 0 radical (unpaired) electrons. The summed E-state index contributed by atoms with van der Waals surface area (Å²) in [5.74, 6) is 0.973. The summed E-state index contributed by atoms with van der Waals surface area (Å²) in [5.41, 5.74) is 0.948. The van der Waals surface area contributed by atoms with Gasteiger partial charge in [0.15, 0.2) is 0 Å². The largest absolute Gasteiger partial charge is 0.461 e. The van der Waals surface area contributed by atoms with Crippen LogP contribution in [0.15, 0.2) is 30.3 Å². The lowest BCUT2D eigenvalue weighted by Gasteiger charge is -2.44. The first-order valence-electron chi connectivity index (χ1n) is 10.4. The lowest BCUT2D eigenvalue weighted by atomic mass is 9.64. The summed E-state index contributed by atoms with van der Waals surface area (Å²) in [6, 6.07) is 10.7. The highest BCUT2D eigenvalue weighted by Gasteiger charge is 2.52. The third-order valence-electron chi connectivity index (χ3n) is 6.71. The molecule has 0 amide bonds. The Morgan fingerprint density at radius 2 is 1.96 bits per heavy atom. The van der Waals surface area contributed by atoms with Crippen LogP contribution in [0.3, 0.4) is 0 Å². The van der Waals surface area contributed by atoms with E-state index in [0.29, 0.717) is 11.8 Å². The van der Waals surface area contributed by atoms with Gasteiger partial charge in [-0.25, -0.2) is 4.79 Å². The van der Waals surface area contributed by atoms with Gasteiger partial charge in [-0.15, -0.1) is 0 Å². The Morgan fingerprint density at radius 3 is 2.58 bits per heavy atom. The summed E-state index contributed by atoms with van der Waals surface area (Å²) in [7, 11) is 0. The molecule has 26 heavy (non-hydrogen) atoms. The van der Waals surface area contributed by atoms with Gasteiger partial charge >= 0.3 is 5.97 Å². The van der Waals surface area contributed by atoms with Crippen molar-refractivity contribution in [2.45, 2.75) is 83.3 Å². The third-order valence-corrected chi connectivity index (χ3v) is 6.71. The number of benzene rings is 1. The van der Waals surface area contributed by atoms with Crippen molar-refractivity contribution in [3.05, 3.63) is 35.9 Å². The third kappa shape index (κ3) is 3.98. The molecule has 3 heteroatoms. The van der Waals surface area contributed by atoms with Crippen LogP contribution in [0.4, 0.5) is 0 Å². The van der Waals surface area contributed by atoms with Crippen molar-refractivity contribution < 1.29 is 9.53 Å². The van der Waals surface area contributed by atoms with E-state index in [1.165, 1.54) is 12.0 Å². The SMILES string of the molecule is CCCC[C@@]1(C(=O)O[C@@H]2C[C@H](C)CC[C@H]2C(C)(C)c2ccccc2)CN1. The number of carbonyl (C=O) groups is 1. The molecule has 1 saturated heterocycles. The first kappa shape index (κ1) is 19.4. The maximum Gasteiger partial charge on any atom is 0.327 e. The van der Waals surface area contributed by atoms with Gasteiger partial charge in [0.05, 0.1) is 0 Å². The fraction of sp³-hybridized carbons (Fsp3) is 0.696. The summed E-state index contributed by atoms with van der Waals surface area (Å²) in [6.45, 7) is 9.86. The van der Waals surface area contributed by atoms with E-state index in [0.717, 1.165) is 38.6 Å². The van der Waals surface area contributed by atoms with Crippen molar-refractivity contribution in [1.29, 1.82) is 0 Å². The molecule has 1 heterocycles. The van der Waals surface area contributed by atoms with Crippen LogP contribution < -0.4 is 5.32 Å². The Labute approximate surface area is 158 Å². The van der Waals surface area contributed by atoms with Crippen LogP contribution >= 0.6 is 0 Å². The average molecular weight is 358 g/mol. The molecule has 2 aliphatic rings. The maximum absolute atomic E-state index is 12.9. The van der Waals surface area contributed by atoms with E-state index in [1.54, 1.807) is 0 Å². The number of unbranched alkanes of at least 4 members (excludes halogenated alkanes) is 1. The number of nitrogens with one attached hydrogen (secondary N) is 1. The standard InChI is InChI=1S/C23H35NO2/c1-5-6-14-23(16-24-23)21(25)26-20-15-17(2)12-13-19(20)22(3,4)18-10-8-7-9-11-18/h7-11,17,19-20,24H,5-6,12-16H2,1-4H3/t17-,19-,20-,23+/m1/s1. The van der Waals surface area contributed by atoms with Crippen LogP contribution in [0, 0.1) is 11.8 Å². The molecule has 144 valence electrons. The second-order valence-electron chi connectivity index (χ2n) is 9.10. The van der Waals surface area contributed by atoms with Gasteiger partial charge in [0.2, 0.25) is 0 Å². The molecule has 3 nitrogen and oxygen atoms in total. The molecular weight excluding hydrogens is 322 g/mol. The fourth-order valence-electron chi connectivity index (χ4n) is 4.62. The van der Waals surface area contributed by atoms with Crippen LogP contribution in [0.25, 0.3) is 0 Å². The molecule has 1 saturated carbocycles. The van der Waals surface area contributed by atoms with Gasteiger partial charge in [-0.05, 0) is 36.2 Å². The molecule has 4 atom stereocenters. The molecule has 1 aromatic rings. The molecule has 1 aliphatic carbocycles. The average Bonchev–Trinajstić information content (AvgIpc) is 3.42. The van der Waals surface area contributed by atoms with Crippen molar-refractivity contribution in [2.24, 2.45) is 11.8 Å². The Bertz CT molecular complexity index is 606. The van der Waals surface area contributed by atoms with Gasteiger partial charge in [-0.2, -0.15) is 0 Å². The van der Waals surface area contributed by atoms with Crippen LogP contribution in [0.2, 0.25) is 0 Å². The number of ether oxygens (including phenoxy) is 1. The minimum Gasteiger partial charge on any atom is -0.461 e. The number of hydrogen-bond donors (Lipinski definition) is 1. The molecule has 1 aromatic carbocycles. The monoisotopic (exact) mass is 357 g/mol. The summed E-state index contributed by atoms with van der Waals surface area (Å²) < 4.78 is 6.21. The molecule has 0 unspecified atom stereocenters. The van der Waals surface area contributed by atoms with Crippen molar-refractivity contribution in [3.63, 3.8) is 0 Å². The highest BCUT2D eigenvalue weighted by atomic mass is 16.5. The Kier molecular flexibility index (Phi) is 5.76. The zero-order valence-electron chi connectivity index (χ0n) is 16.9. The predicted octanol–water partition coefficient (Wildman–Crippen LogP) is 4.84. The molecule has 0 bridgehead atoms. The molecule has 3 rings (SSSR count). The predicted molar refractivity (Wildman–Crippen MR) is 106 cm³/mol. The van der Waals surface area contributed by atoms with E-state index in [9.17, 15) is 4.79 Å². The Balaban J connectivity index is 1.75. The number of esters is 1. The Morgan fingerprint density at radius 1 is 1.27 bits per heavy atom. The number of rotatable bonds is 7. The van der Waals surface area contributed by atoms with Crippen LogP contribution in [-0.2, 0) is 14.9 Å². The van der Waals surface area contributed by atoms with Crippen molar-refractivity contribution in [3.8, 4) is 0 Å². The van der Waals surface area contributed by atoms with Gasteiger partial charge in [0, 0.05) is 12.5 Å². The van der Waals surface area contributed by atoms with Crippen molar-refractivity contribution >= 4 is 5.97 Å². The topological polar surface area (TPSA) is 48.2 Å². The van der Waals surface area contributed by atoms with Crippen LogP contribution in [-0.4, -0.2) is 24.2 Å². The molecule has 0 aromatic heterocycles. The fourth-order valence-corrected chi connectivity index (χ4v) is 4.62. The van der Waals surface area contributed by atoms with E-state index in [1.807, 2.05) is 0 Å². The van der Waals surface area contributed by atoms with E-state index in [2.05, 4.69) is 63.3 Å². The normalized spacial score (nSPS) is 31.5. The van der Waals surface area contributed by atoms with Gasteiger partial charge in [-0.1, -0.05) is 77.3 Å². The maximum atomic E-state index is 12.9. The summed E-state index contributed by atoms with van der Waals surface area (Å²) in [6.07, 6.45) is 6.42. The van der Waals surface area contributed by atoms with Gasteiger partial charge in [0.25, 0.3) is 0 Å². The summed E-state index contributed by atoms with van der Waals surface area (Å²) in [4.78, 5) is 12.9. The molecule has 1 aliphatic heterocycles. The first-order valence-corrected chi connectivity index (χ1v) is 10.4. The number of hydrogen-bond acceptors (Lipinski definition) is 3. The smallest absolute Gasteiger partial charge is 0.327 e. The second-order valence-corrected chi connectivity index (χ2v) is 9.10. The minimum atomic E-state index is -0.391. The lowest BCUT2D eigenvalue weighted by molar-refractivity contribution is -0.160. The first-order chi connectivity index (χ1) is 12.4. The molecule has 2 fully saturated rings. The van der Waals surface area contributed by atoms with E-state index in [-0.39, 0.29) is 17.5 Å². The second kappa shape index (κ2) is 7.72. The van der Waals surface area contributed by atoms with E-state index in [4.69, 9.17) is 4.74 Å². The quantitative estimate of drug-likeness (QED) is 0.561. The van der Waals surface area contributed by atoms with Gasteiger partial charge < -0.3 is 4.74 Å². The molecule has 1 N–H and O–H groups in total. The molecule has 0 spiro atoms. The summed E-state index contributed by atoms with van der Waals surface area (Å²) >= 11 is 0. The summed E-state index contributed by atoms with van der Waals surface area (Å²) in [5, 5.41) is 3.29. The van der Waals surface area contributed by atoms with Gasteiger partial charge in [-0.3, -0.25) is 5.32 Å². The zero-order valence-corrected chi connectivity index (χ0v) is 16.9. The molecular formula is C23H35NO2. The van der Waals surface area contributed by atoms with E-state index >= 15 is 0 Å². The van der Waals surface area contributed by atoms with Crippen molar-refractivity contribution in [1.82, 2.24) is 5.32 Å². The highest BCUT2D eigenvalue weighted by Crippen LogP contribution is 2.44. The zero-order chi connectivity index (χ0) is 18.8. The number of carbonyl (C=O) groups excluding carboxylic acids is 1. The van der Waals surface area contributed by atoms with Gasteiger partial charge in [0.1, 0.15) is 11.6 Å². The minimum absolute atomic E-state index is 0.0000912. The van der Waals surface area contributed by atoms with Crippen LogP contribution in [0.5, 0.6) is 0 Å².